The molecule has 29 heavy (non-hydrogen) atoms. The molecule has 2 heterocycles. The minimum Gasteiger partial charge on any atom is -0.486 e. The first-order valence-electron chi connectivity index (χ1n) is 8.56. The molecular formula is C20H14FN3O4S. The van der Waals surface area contributed by atoms with Gasteiger partial charge in [-0.15, -0.1) is 11.3 Å². The molecule has 0 radical (unpaired) electrons. The lowest BCUT2D eigenvalue weighted by atomic mass is 10.1. The van der Waals surface area contributed by atoms with Gasteiger partial charge in [0.2, 0.25) is 0 Å². The van der Waals surface area contributed by atoms with Crippen LogP contribution in [0.25, 0.3) is 10.8 Å². The number of fused-ring (bicyclic) bond motifs is 1. The van der Waals surface area contributed by atoms with Crippen molar-refractivity contribution in [2.24, 2.45) is 0 Å². The number of hydrogen-bond donors (Lipinski definition) is 1. The maximum absolute atomic E-state index is 12.9. The van der Waals surface area contributed by atoms with Gasteiger partial charge in [0.25, 0.3) is 5.56 Å². The van der Waals surface area contributed by atoms with Crippen LogP contribution in [0.2, 0.25) is 0 Å². The zero-order valence-electron chi connectivity index (χ0n) is 14.9. The molecule has 1 N–H and O–H groups in total. The SMILES string of the molecule is O=C(O)c1nn(Cc2csc(COc3ccc(F)cc3)n2)c(=O)c2ccccc12. The van der Waals surface area contributed by atoms with Crippen molar-refractivity contribution >= 4 is 28.1 Å². The van der Waals surface area contributed by atoms with E-state index in [1.54, 1.807) is 29.6 Å². The molecule has 0 unspecified atom stereocenters. The Morgan fingerprint density at radius 3 is 2.59 bits per heavy atom. The monoisotopic (exact) mass is 411 g/mol. The van der Waals surface area contributed by atoms with E-state index in [2.05, 4.69) is 10.1 Å². The summed E-state index contributed by atoms with van der Waals surface area (Å²) >= 11 is 1.34. The van der Waals surface area contributed by atoms with E-state index in [9.17, 15) is 19.1 Å². The molecule has 0 bridgehead atoms. The lowest BCUT2D eigenvalue weighted by Gasteiger charge is -2.07. The Balaban J connectivity index is 1.56. The second kappa shape index (κ2) is 7.80. The van der Waals surface area contributed by atoms with E-state index in [-0.39, 0.29) is 35.6 Å². The van der Waals surface area contributed by atoms with Crippen molar-refractivity contribution < 1.29 is 19.0 Å². The summed E-state index contributed by atoms with van der Waals surface area (Å²) in [6.07, 6.45) is 0. The van der Waals surface area contributed by atoms with Crippen LogP contribution in [0.5, 0.6) is 5.75 Å². The molecule has 0 aliphatic rings. The van der Waals surface area contributed by atoms with E-state index >= 15 is 0 Å². The lowest BCUT2D eigenvalue weighted by Crippen LogP contribution is -2.26. The highest BCUT2D eigenvalue weighted by molar-refractivity contribution is 7.09. The van der Waals surface area contributed by atoms with Crippen LogP contribution in [0.1, 0.15) is 21.2 Å². The van der Waals surface area contributed by atoms with Gasteiger partial charge in [0, 0.05) is 10.8 Å². The average molecular weight is 411 g/mol. The minimum absolute atomic E-state index is 0.0387. The number of thiazole rings is 1. The number of halogens is 1. The van der Waals surface area contributed by atoms with Gasteiger partial charge in [0.1, 0.15) is 23.2 Å². The lowest BCUT2D eigenvalue weighted by molar-refractivity contribution is 0.0690. The summed E-state index contributed by atoms with van der Waals surface area (Å²) in [6.45, 7) is 0.230. The summed E-state index contributed by atoms with van der Waals surface area (Å²) in [6, 6.07) is 12.1. The number of aromatic carboxylic acids is 1. The molecule has 0 spiro atoms. The molecule has 4 aromatic rings. The van der Waals surface area contributed by atoms with Crippen molar-refractivity contribution in [3.63, 3.8) is 0 Å². The van der Waals surface area contributed by atoms with E-state index in [0.29, 0.717) is 21.8 Å². The highest BCUT2D eigenvalue weighted by atomic mass is 32.1. The van der Waals surface area contributed by atoms with Crippen LogP contribution in [0, 0.1) is 5.82 Å². The molecule has 0 fully saturated rings. The standard InChI is InChI=1S/C20H14FN3O4S/c21-12-5-7-14(8-6-12)28-10-17-22-13(11-29-17)9-24-19(25)16-4-2-1-3-15(16)18(23-24)20(26)27/h1-8,11H,9-10H2,(H,26,27). The van der Waals surface area contributed by atoms with E-state index in [4.69, 9.17) is 4.74 Å². The van der Waals surface area contributed by atoms with Crippen molar-refractivity contribution in [3.05, 3.63) is 86.5 Å². The molecule has 2 aromatic carbocycles. The largest absolute Gasteiger partial charge is 0.486 e. The molecule has 0 aliphatic carbocycles. The fourth-order valence-electron chi connectivity index (χ4n) is 2.82. The summed E-state index contributed by atoms with van der Waals surface area (Å²) in [5, 5.41) is 16.4. The maximum Gasteiger partial charge on any atom is 0.357 e. The van der Waals surface area contributed by atoms with E-state index in [0.717, 1.165) is 4.68 Å². The van der Waals surface area contributed by atoms with Gasteiger partial charge < -0.3 is 9.84 Å². The van der Waals surface area contributed by atoms with Crippen molar-refractivity contribution in [2.45, 2.75) is 13.2 Å². The van der Waals surface area contributed by atoms with Gasteiger partial charge >= 0.3 is 5.97 Å². The highest BCUT2D eigenvalue weighted by Gasteiger charge is 2.16. The fraction of sp³-hybridized carbons (Fsp3) is 0.100. The number of ether oxygens (including phenoxy) is 1. The summed E-state index contributed by atoms with van der Waals surface area (Å²) in [5.41, 5.74) is -0.00747. The van der Waals surface area contributed by atoms with Crippen LogP contribution in [-0.2, 0) is 13.2 Å². The first-order valence-corrected chi connectivity index (χ1v) is 9.44. The van der Waals surface area contributed by atoms with Gasteiger partial charge in [-0.05, 0) is 30.3 Å². The van der Waals surface area contributed by atoms with E-state index in [1.807, 2.05) is 0 Å². The first-order chi connectivity index (χ1) is 14.0. The minimum atomic E-state index is -1.21. The zero-order chi connectivity index (χ0) is 20.4. The summed E-state index contributed by atoms with van der Waals surface area (Å²) < 4.78 is 19.6. The van der Waals surface area contributed by atoms with E-state index < -0.39 is 5.97 Å². The number of aromatic nitrogens is 3. The van der Waals surface area contributed by atoms with Crippen molar-refractivity contribution in [1.82, 2.24) is 14.8 Å². The molecule has 0 saturated carbocycles. The molecule has 0 saturated heterocycles. The maximum atomic E-state index is 12.9. The highest BCUT2D eigenvalue weighted by Crippen LogP contribution is 2.17. The second-order valence-electron chi connectivity index (χ2n) is 6.14. The van der Waals surface area contributed by atoms with Gasteiger partial charge in [-0.2, -0.15) is 5.10 Å². The molecule has 0 atom stereocenters. The van der Waals surface area contributed by atoms with Crippen LogP contribution >= 0.6 is 11.3 Å². The Bertz CT molecular complexity index is 1250. The molecule has 0 aliphatic heterocycles. The van der Waals surface area contributed by atoms with Crippen molar-refractivity contribution in [2.75, 3.05) is 0 Å². The topological polar surface area (TPSA) is 94.3 Å². The second-order valence-corrected chi connectivity index (χ2v) is 7.08. The van der Waals surface area contributed by atoms with Crippen molar-refractivity contribution in [3.8, 4) is 5.75 Å². The van der Waals surface area contributed by atoms with Crippen LogP contribution in [0.15, 0.2) is 58.7 Å². The molecule has 2 aromatic heterocycles. The first kappa shape index (κ1) is 18.8. The molecule has 9 heteroatoms. The molecule has 4 rings (SSSR count). The van der Waals surface area contributed by atoms with Gasteiger partial charge in [-0.25, -0.2) is 18.9 Å². The quantitative estimate of drug-likeness (QED) is 0.523. The molecule has 146 valence electrons. The van der Waals surface area contributed by atoms with Crippen LogP contribution < -0.4 is 10.3 Å². The number of benzene rings is 2. The van der Waals surface area contributed by atoms with Crippen LogP contribution in [0.3, 0.4) is 0 Å². The number of carboxylic acids is 1. The Labute approximate surface area is 167 Å². The molecule has 7 nitrogen and oxygen atoms in total. The Morgan fingerprint density at radius 2 is 1.86 bits per heavy atom. The van der Waals surface area contributed by atoms with E-state index in [1.165, 1.54) is 35.6 Å². The smallest absolute Gasteiger partial charge is 0.357 e. The third-order valence-corrected chi connectivity index (χ3v) is 5.03. The Hall–Kier alpha value is -3.59. The molecule has 0 amide bonds. The normalized spacial score (nSPS) is 10.9. The molecular weight excluding hydrogens is 397 g/mol. The number of rotatable bonds is 6. The number of carboxylic acid groups (broad SMARTS) is 1. The van der Waals surface area contributed by atoms with Gasteiger partial charge in [0.15, 0.2) is 5.69 Å². The summed E-state index contributed by atoms with van der Waals surface area (Å²) in [4.78, 5) is 28.6. The van der Waals surface area contributed by atoms with Crippen LogP contribution in [0.4, 0.5) is 4.39 Å². The van der Waals surface area contributed by atoms with Gasteiger partial charge in [-0.1, -0.05) is 18.2 Å². The Morgan fingerprint density at radius 1 is 1.14 bits per heavy atom. The summed E-state index contributed by atoms with van der Waals surface area (Å²) in [5.74, 6) is -1.04. The number of hydrogen-bond acceptors (Lipinski definition) is 6. The summed E-state index contributed by atoms with van der Waals surface area (Å²) in [7, 11) is 0. The zero-order valence-corrected chi connectivity index (χ0v) is 15.7. The average Bonchev–Trinajstić information content (AvgIpc) is 3.17. The van der Waals surface area contributed by atoms with Gasteiger partial charge in [-0.3, -0.25) is 4.79 Å². The number of carbonyl (C=O) groups is 1. The fourth-order valence-corrected chi connectivity index (χ4v) is 3.51. The van der Waals surface area contributed by atoms with Crippen molar-refractivity contribution in [1.29, 1.82) is 0 Å². The third-order valence-electron chi connectivity index (χ3n) is 4.16. The van der Waals surface area contributed by atoms with Gasteiger partial charge in [0.05, 0.1) is 17.6 Å². The number of nitrogens with zero attached hydrogens (tertiary/aromatic N) is 3. The Kier molecular flexibility index (Phi) is 5.05. The predicted octanol–water partition coefficient (Wildman–Crippen LogP) is 3.32. The predicted molar refractivity (Wildman–Crippen MR) is 105 cm³/mol. The van der Waals surface area contributed by atoms with Crippen LogP contribution in [-0.4, -0.2) is 25.8 Å². The third kappa shape index (κ3) is 3.99.